The van der Waals surface area contributed by atoms with Crippen molar-refractivity contribution in [3.63, 3.8) is 0 Å². The van der Waals surface area contributed by atoms with Crippen LogP contribution in [0.2, 0.25) is 0 Å². The highest BCUT2D eigenvalue weighted by Gasteiger charge is 2.38. The van der Waals surface area contributed by atoms with Crippen LogP contribution in [0.4, 0.5) is 0 Å². The van der Waals surface area contributed by atoms with Gasteiger partial charge in [0.25, 0.3) is 0 Å². The maximum Gasteiger partial charge on any atom is 0.164 e. The number of hydrogen-bond acceptors (Lipinski definition) is 3. The maximum absolute atomic E-state index is 5.76. The molecule has 0 saturated heterocycles. The molecule has 134 valence electrons. The van der Waals surface area contributed by atoms with E-state index in [-0.39, 0.29) is 0 Å². The third-order valence-electron chi connectivity index (χ3n) is 5.88. The van der Waals surface area contributed by atoms with Crippen LogP contribution in [0.15, 0.2) is 6.07 Å². The first-order valence-electron chi connectivity index (χ1n) is 9.75. The number of nitrogens with zero attached hydrogens (tertiary/aromatic N) is 1. The van der Waals surface area contributed by atoms with E-state index in [1.54, 1.807) is 19.8 Å². The van der Waals surface area contributed by atoms with Gasteiger partial charge in [-0.15, -0.1) is 0 Å². The zero-order chi connectivity index (χ0) is 17.1. The predicted molar refractivity (Wildman–Crippen MR) is 99.5 cm³/mol. The second kappa shape index (κ2) is 7.77. The van der Waals surface area contributed by atoms with E-state index in [1.807, 2.05) is 0 Å². The fourth-order valence-corrected chi connectivity index (χ4v) is 5.05. The Morgan fingerprint density at radius 1 is 1.04 bits per heavy atom. The van der Waals surface area contributed by atoms with Crippen molar-refractivity contribution in [2.45, 2.75) is 70.8 Å². The minimum Gasteiger partial charge on any atom is -0.493 e. The molecule has 0 heterocycles. The number of methoxy groups -OCH3 is 2. The molecule has 3 rings (SSSR count). The molecule has 2 aliphatic rings. The maximum atomic E-state index is 5.76. The lowest BCUT2D eigenvalue weighted by atomic mass is 9.70. The van der Waals surface area contributed by atoms with Gasteiger partial charge in [0.05, 0.1) is 14.2 Å². The average Bonchev–Trinajstić information content (AvgIpc) is 2.61. The second-order valence-electron chi connectivity index (χ2n) is 7.30. The highest BCUT2D eigenvalue weighted by Crippen LogP contribution is 2.49. The molecule has 2 aliphatic carbocycles. The predicted octanol–water partition coefficient (Wildman–Crippen LogP) is 4.56. The smallest absolute Gasteiger partial charge is 0.164 e. The Kier molecular flexibility index (Phi) is 5.70. The highest BCUT2D eigenvalue weighted by atomic mass is 16.5. The van der Waals surface area contributed by atoms with Crippen LogP contribution in [0, 0.1) is 0 Å². The first-order valence-corrected chi connectivity index (χ1v) is 9.75. The van der Waals surface area contributed by atoms with Crippen LogP contribution in [0.25, 0.3) is 0 Å². The lowest BCUT2D eigenvalue weighted by Crippen LogP contribution is -2.44. The largest absolute Gasteiger partial charge is 0.493 e. The summed E-state index contributed by atoms with van der Waals surface area (Å²) in [7, 11) is 3.54. The van der Waals surface area contributed by atoms with Crippen LogP contribution >= 0.6 is 0 Å². The van der Waals surface area contributed by atoms with E-state index in [2.05, 4.69) is 24.8 Å². The molecule has 0 N–H and O–H groups in total. The number of hydrogen-bond donors (Lipinski definition) is 0. The Labute approximate surface area is 147 Å². The van der Waals surface area contributed by atoms with Crippen LogP contribution < -0.4 is 9.47 Å². The van der Waals surface area contributed by atoms with Gasteiger partial charge in [0.15, 0.2) is 11.5 Å². The van der Waals surface area contributed by atoms with E-state index in [1.165, 1.54) is 62.7 Å². The zero-order valence-corrected chi connectivity index (χ0v) is 15.9. The lowest BCUT2D eigenvalue weighted by Gasteiger charge is -2.44. The molecule has 0 bridgehead atoms. The molecule has 1 aromatic carbocycles. The molecule has 2 atom stereocenters. The molecule has 0 amide bonds. The molecule has 3 nitrogen and oxygen atoms in total. The Bertz CT molecular complexity index is 563. The van der Waals surface area contributed by atoms with Crippen molar-refractivity contribution in [3.05, 3.63) is 22.8 Å². The van der Waals surface area contributed by atoms with Crippen molar-refractivity contribution in [2.75, 3.05) is 27.3 Å². The molecule has 24 heavy (non-hydrogen) atoms. The molecule has 0 spiro atoms. The summed E-state index contributed by atoms with van der Waals surface area (Å²) in [4.78, 5) is 2.76. The van der Waals surface area contributed by atoms with Gasteiger partial charge in [0.1, 0.15) is 0 Å². The highest BCUT2D eigenvalue weighted by molar-refractivity contribution is 5.58. The van der Waals surface area contributed by atoms with Gasteiger partial charge >= 0.3 is 0 Å². The van der Waals surface area contributed by atoms with Gasteiger partial charge in [-0.3, -0.25) is 4.90 Å². The number of benzene rings is 1. The van der Waals surface area contributed by atoms with E-state index >= 15 is 0 Å². The molecule has 2 unspecified atom stereocenters. The summed E-state index contributed by atoms with van der Waals surface area (Å²) in [5, 5.41) is 0. The minimum absolute atomic E-state index is 0.676. The molecule has 1 aromatic rings. The zero-order valence-electron chi connectivity index (χ0n) is 15.9. The lowest BCUT2D eigenvalue weighted by molar-refractivity contribution is 0.144. The van der Waals surface area contributed by atoms with Crippen LogP contribution in [0.3, 0.4) is 0 Å². The summed E-state index contributed by atoms with van der Waals surface area (Å²) >= 11 is 0. The van der Waals surface area contributed by atoms with E-state index in [9.17, 15) is 0 Å². The molecule has 0 radical (unpaired) electrons. The van der Waals surface area contributed by atoms with Crippen molar-refractivity contribution < 1.29 is 9.47 Å². The van der Waals surface area contributed by atoms with E-state index < -0.39 is 0 Å². The Morgan fingerprint density at radius 3 is 2.42 bits per heavy atom. The van der Waals surface area contributed by atoms with Crippen LogP contribution in [0.1, 0.15) is 68.6 Å². The summed E-state index contributed by atoms with van der Waals surface area (Å²) in [6.07, 6.45) is 8.67. The second-order valence-corrected chi connectivity index (χ2v) is 7.30. The molecule has 3 heteroatoms. The molecule has 0 aliphatic heterocycles. The third kappa shape index (κ3) is 3.03. The van der Waals surface area contributed by atoms with Crippen molar-refractivity contribution in [1.82, 2.24) is 4.90 Å². The first kappa shape index (κ1) is 17.6. The van der Waals surface area contributed by atoms with Crippen molar-refractivity contribution in [2.24, 2.45) is 0 Å². The monoisotopic (exact) mass is 331 g/mol. The van der Waals surface area contributed by atoms with E-state index in [4.69, 9.17) is 9.47 Å². The first-order chi connectivity index (χ1) is 11.7. The average molecular weight is 332 g/mol. The van der Waals surface area contributed by atoms with Crippen LogP contribution in [-0.4, -0.2) is 38.3 Å². The third-order valence-corrected chi connectivity index (χ3v) is 5.88. The van der Waals surface area contributed by atoms with Gasteiger partial charge in [0.2, 0.25) is 0 Å². The normalized spacial score (nSPS) is 22.4. The summed E-state index contributed by atoms with van der Waals surface area (Å²) in [6.45, 7) is 7.07. The van der Waals surface area contributed by atoms with Crippen LogP contribution in [-0.2, 0) is 12.8 Å². The van der Waals surface area contributed by atoms with Gasteiger partial charge in [-0.25, -0.2) is 0 Å². The molecule has 0 fully saturated rings. The standard InChI is InChI=1S/C21H33NO2/c1-5-12-22(13-6-2)18-11-10-17-20-15(8-7-9-16(18)20)14-19(23-3)21(17)24-4/h14,16,18H,5-13H2,1-4H3. The van der Waals surface area contributed by atoms with Gasteiger partial charge in [-0.1, -0.05) is 13.8 Å². The molecular formula is C21H33NO2. The minimum atomic E-state index is 0.676. The van der Waals surface area contributed by atoms with Gasteiger partial charge in [0, 0.05) is 17.5 Å². The van der Waals surface area contributed by atoms with Crippen molar-refractivity contribution in [1.29, 1.82) is 0 Å². The number of ether oxygens (including phenoxy) is 2. The number of rotatable bonds is 7. The molecule has 0 aromatic heterocycles. The Hall–Kier alpha value is -1.22. The Balaban J connectivity index is 2.02. The summed E-state index contributed by atoms with van der Waals surface area (Å²) in [5.41, 5.74) is 4.55. The quantitative estimate of drug-likeness (QED) is 0.731. The summed E-state index contributed by atoms with van der Waals surface area (Å²) < 4.78 is 11.4. The summed E-state index contributed by atoms with van der Waals surface area (Å²) in [6, 6.07) is 2.95. The van der Waals surface area contributed by atoms with Crippen molar-refractivity contribution in [3.8, 4) is 11.5 Å². The van der Waals surface area contributed by atoms with Gasteiger partial charge in [-0.05, 0) is 75.2 Å². The molecule has 0 saturated carbocycles. The van der Waals surface area contributed by atoms with E-state index in [0.29, 0.717) is 12.0 Å². The molecular weight excluding hydrogens is 298 g/mol. The topological polar surface area (TPSA) is 21.7 Å². The number of aryl methyl sites for hydroxylation is 1. The van der Waals surface area contributed by atoms with E-state index in [0.717, 1.165) is 17.9 Å². The van der Waals surface area contributed by atoms with Crippen molar-refractivity contribution >= 4 is 0 Å². The van der Waals surface area contributed by atoms with Gasteiger partial charge in [-0.2, -0.15) is 0 Å². The fraction of sp³-hybridized carbons (Fsp3) is 0.714. The van der Waals surface area contributed by atoms with Gasteiger partial charge < -0.3 is 9.47 Å². The Morgan fingerprint density at radius 2 is 1.79 bits per heavy atom. The van der Waals surface area contributed by atoms with Crippen LogP contribution in [0.5, 0.6) is 11.5 Å². The summed E-state index contributed by atoms with van der Waals surface area (Å²) in [5.74, 6) is 2.58. The SMILES string of the molecule is CCCN(CCC)C1CCc2c(OC)c(OC)cc3c2C1CCC3. The fourth-order valence-electron chi connectivity index (χ4n) is 5.05.